The molecule has 4 heterocycles. The molecule has 1 aliphatic rings. The van der Waals surface area contributed by atoms with Crippen molar-refractivity contribution in [3.05, 3.63) is 24.5 Å². The first-order valence-corrected chi connectivity index (χ1v) is 9.07. The largest absolute Gasteiger partial charge is 0.382 e. The van der Waals surface area contributed by atoms with Crippen LogP contribution in [0.15, 0.2) is 18.9 Å². The van der Waals surface area contributed by atoms with Gasteiger partial charge in [0.15, 0.2) is 17.0 Å². The normalized spacial score (nSPS) is 21.0. The summed E-state index contributed by atoms with van der Waals surface area (Å²) in [6.45, 7) is 8.16. The van der Waals surface area contributed by atoms with Crippen molar-refractivity contribution in [3.8, 4) is 0 Å². The second-order valence-corrected chi connectivity index (χ2v) is 7.13. The van der Waals surface area contributed by atoms with Gasteiger partial charge in [-0.3, -0.25) is 0 Å². The summed E-state index contributed by atoms with van der Waals surface area (Å²) in [6.07, 6.45) is 6.68. The zero-order chi connectivity index (χ0) is 18.3. The molecule has 0 bridgehead atoms. The Kier molecular flexibility index (Phi) is 4.10. The summed E-state index contributed by atoms with van der Waals surface area (Å²) in [5.41, 5.74) is 1.15. The Morgan fingerprint density at radius 3 is 2.85 bits per heavy atom. The molecule has 138 valence electrons. The number of β-amino-alcohol motifs (C(OH)–C–C–N with tert-alkyl or cyclic N) is 1. The molecule has 26 heavy (non-hydrogen) atoms. The maximum atomic E-state index is 11.3. The molecule has 0 aromatic carbocycles. The van der Waals surface area contributed by atoms with Gasteiger partial charge in [0.1, 0.15) is 17.6 Å². The zero-order valence-corrected chi connectivity index (χ0v) is 15.4. The number of hydrogen-bond donors (Lipinski definition) is 1. The van der Waals surface area contributed by atoms with Crippen LogP contribution in [0.2, 0.25) is 0 Å². The van der Waals surface area contributed by atoms with Gasteiger partial charge >= 0.3 is 0 Å². The molecule has 1 N–H and O–H groups in total. The third-order valence-electron chi connectivity index (χ3n) is 5.01. The smallest absolute Gasteiger partial charge is 0.165 e. The van der Waals surface area contributed by atoms with E-state index in [-0.39, 0.29) is 6.04 Å². The topological polar surface area (TPSA) is 97.8 Å². The highest BCUT2D eigenvalue weighted by molar-refractivity contribution is 5.83. The van der Waals surface area contributed by atoms with Crippen LogP contribution in [-0.2, 0) is 12.1 Å². The van der Waals surface area contributed by atoms with Crippen LogP contribution in [0, 0.1) is 0 Å². The van der Waals surface area contributed by atoms with Gasteiger partial charge in [-0.15, -0.1) is 5.10 Å². The van der Waals surface area contributed by atoms with Gasteiger partial charge in [0.05, 0.1) is 19.1 Å². The molecule has 4 rings (SSSR count). The van der Waals surface area contributed by atoms with Crippen LogP contribution in [0.5, 0.6) is 0 Å². The highest BCUT2D eigenvalue weighted by atomic mass is 16.3. The van der Waals surface area contributed by atoms with Crippen LogP contribution < -0.4 is 4.90 Å². The number of aryl methyl sites for hydroxylation is 1. The molecule has 3 aromatic rings. The average Bonchev–Trinajstić information content (AvgIpc) is 3.29. The van der Waals surface area contributed by atoms with Crippen LogP contribution in [0.1, 0.15) is 45.3 Å². The minimum absolute atomic E-state index is 0.207. The van der Waals surface area contributed by atoms with E-state index in [0.29, 0.717) is 18.7 Å². The van der Waals surface area contributed by atoms with Crippen molar-refractivity contribution in [1.82, 2.24) is 34.5 Å². The number of nitrogens with zero attached hydrogens (tertiary/aromatic N) is 8. The molecular formula is C17H24N8O. The molecule has 0 spiro atoms. The molecule has 1 fully saturated rings. The van der Waals surface area contributed by atoms with E-state index < -0.39 is 5.60 Å². The van der Waals surface area contributed by atoms with Gasteiger partial charge in [-0.25, -0.2) is 19.6 Å². The van der Waals surface area contributed by atoms with E-state index in [9.17, 15) is 5.11 Å². The summed E-state index contributed by atoms with van der Waals surface area (Å²) < 4.78 is 3.77. The summed E-state index contributed by atoms with van der Waals surface area (Å²) in [5, 5.41) is 19.6. The fraction of sp³-hybridized carbons (Fsp3) is 0.588. The van der Waals surface area contributed by atoms with E-state index in [1.165, 1.54) is 0 Å². The lowest BCUT2D eigenvalue weighted by atomic mass is 9.90. The van der Waals surface area contributed by atoms with Crippen LogP contribution in [-0.4, -0.2) is 52.7 Å². The van der Waals surface area contributed by atoms with E-state index in [1.807, 2.05) is 24.6 Å². The fourth-order valence-corrected chi connectivity index (χ4v) is 3.50. The number of rotatable bonds is 4. The Balaban J connectivity index is 1.67. The van der Waals surface area contributed by atoms with Crippen molar-refractivity contribution in [2.75, 3.05) is 18.0 Å². The molecule has 0 amide bonds. The molecule has 9 heteroatoms. The number of piperidine rings is 1. The van der Waals surface area contributed by atoms with Gasteiger partial charge in [0, 0.05) is 19.1 Å². The van der Waals surface area contributed by atoms with Gasteiger partial charge in [0.2, 0.25) is 0 Å². The van der Waals surface area contributed by atoms with Gasteiger partial charge in [-0.2, -0.15) is 0 Å². The molecule has 0 radical (unpaired) electrons. The quantitative estimate of drug-likeness (QED) is 0.756. The lowest BCUT2D eigenvalue weighted by Crippen LogP contribution is -2.47. The molecule has 1 atom stereocenters. The van der Waals surface area contributed by atoms with Crippen molar-refractivity contribution in [2.24, 2.45) is 0 Å². The standard InChI is InChI=1S/C17H24N8O/c1-4-23-11-20-14-15(23)18-10-19-16(14)24-7-5-6-17(26,9-24)13-8-25(12(2)3)22-21-13/h8,10-12,26H,4-7,9H2,1-3H3. The van der Waals surface area contributed by atoms with E-state index >= 15 is 0 Å². The molecule has 1 aliphatic heterocycles. The summed E-state index contributed by atoms with van der Waals surface area (Å²) in [7, 11) is 0. The van der Waals surface area contributed by atoms with Crippen molar-refractivity contribution in [1.29, 1.82) is 0 Å². The van der Waals surface area contributed by atoms with Gasteiger partial charge < -0.3 is 14.6 Å². The van der Waals surface area contributed by atoms with Crippen LogP contribution in [0.3, 0.4) is 0 Å². The third-order valence-corrected chi connectivity index (χ3v) is 5.01. The Labute approximate surface area is 151 Å². The van der Waals surface area contributed by atoms with Crippen molar-refractivity contribution in [2.45, 2.75) is 51.8 Å². The Hall–Kier alpha value is -2.55. The third kappa shape index (κ3) is 2.72. The minimum atomic E-state index is -1.05. The monoisotopic (exact) mass is 356 g/mol. The first-order valence-electron chi connectivity index (χ1n) is 9.07. The summed E-state index contributed by atoms with van der Waals surface area (Å²) in [5.74, 6) is 0.761. The number of hydrogen-bond acceptors (Lipinski definition) is 7. The minimum Gasteiger partial charge on any atom is -0.382 e. The predicted octanol–water partition coefficient (Wildman–Crippen LogP) is 1.51. The maximum absolute atomic E-state index is 11.3. The van der Waals surface area contributed by atoms with E-state index in [0.717, 1.165) is 36.5 Å². The molecule has 3 aromatic heterocycles. The Morgan fingerprint density at radius 2 is 2.12 bits per heavy atom. The van der Waals surface area contributed by atoms with Crippen LogP contribution in [0.4, 0.5) is 5.82 Å². The SMILES string of the molecule is CCn1cnc2c(N3CCCC(O)(c4cn(C(C)C)nn4)C3)ncnc21. The molecule has 0 saturated carbocycles. The second-order valence-electron chi connectivity index (χ2n) is 7.13. The highest BCUT2D eigenvalue weighted by Crippen LogP contribution is 2.34. The predicted molar refractivity (Wildman–Crippen MR) is 96.7 cm³/mol. The first-order chi connectivity index (χ1) is 12.5. The number of fused-ring (bicyclic) bond motifs is 1. The summed E-state index contributed by atoms with van der Waals surface area (Å²) in [6, 6.07) is 0.207. The zero-order valence-electron chi connectivity index (χ0n) is 15.4. The second kappa shape index (κ2) is 6.31. The van der Waals surface area contributed by atoms with E-state index in [1.54, 1.807) is 17.3 Å². The van der Waals surface area contributed by atoms with Crippen LogP contribution >= 0.6 is 0 Å². The van der Waals surface area contributed by atoms with Gasteiger partial charge in [0.25, 0.3) is 0 Å². The molecule has 1 saturated heterocycles. The number of aliphatic hydroxyl groups is 1. The van der Waals surface area contributed by atoms with Gasteiger partial charge in [-0.05, 0) is 33.6 Å². The molecular weight excluding hydrogens is 332 g/mol. The molecule has 1 unspecified atom stereocenters. The lowest BCUT2D eigenvalue weighted by Gasteiger charge is -2.38. The number of imidazole rings is 1. The van der Waals surface area contributed by atoms with Crippen molar-refractivity contribution < 1.29 is 5.11 Å². The molecule has 0 aliphatic carbocycles. The van der Waals surface area contributed by atoms with Crippen LogP contribution in [0.25, 0.3) is 11.2 Å². The van der Waals surface area contributed by atoms with Gasteiger partial charge in [-0.1, -0.05) is 5.21 Å². The van der Waals surface area contributed by atoms with E-state index in [2.05, 4.69) is 37.1 Å². The summed E-state index contributed by atoms with van der Waals surface area (Å²) >= 11 is 0. The van der Waals surface area contributed by atoms with E-state index in [4.69, 9.17) is 0 Å². The lowest BCUT2D eigenvalue weighted by molar-refractivity contribution is 0.0175. The van der Waals surface area contributed by atoms with Crippen molar-refractivity contribution >= 4 is 17.0 Å². The maximum Gasteiger partial charge on any atom is 0.165 e. The Bertz CT molecular complexity index is 917. The first kappa shape index (κ1) is 16.9. The number of aromatic nitrogens is 7. The highest BCUT2D eigenvalue weighted by Gasteiger charge is 2.38. The Morgan fingerprint density at radius 1 is 1.27 bits per heavy atom. The fourth-order valence-electron chi connectivity index (χ4n) is 3.50. The number of anilines is 1. The summed E-state index contributed by atoms with van der Waals surface area (Å²) in [4.78, 5) is 15.4. The van der Waals surface area contributed by atoms with Crippen molar-refractivity contribution in [3.63, 3.8) is 0 Å². The molecule has 9 nitrogen and oxygen atoms in total. The average molecular weight is 356 g/mol.